The van der Waals surface area contributed by atoms with Gasteiger partial charge in [-0.15, -0.1) is 11.3 Å². The highest BCUT2D eigenvalue weighted by Gasteiger charge is 2.18. The number of ketones is 1. The fraction of sp³-hybridized carbons (Fsp3) is 0.217. The van der Waals surface area contributed by atoms with Crippen LogP contribution < -0.4 is 5.32 Å². The van der Waals surface area contributed by atoms with Crippen molar-refractivity contribution in [2.45, 2.75) is 26.7 Å². The molecular formula is C23H22N4O2S. The summed E-state index contributed by atoms with van der Waals surface area (Å²) in [5, 5.41) is 9.25. The number of thiophene rings is 1. The molecule has 0 saturated heterocycles. The molecule has 0 spiro atoms. The van der Waals surface area contributed by atoms with Gasteiger partial charge in [0.25, 0.3) is 0 Å². The van der Waals surface area contributed by atoms with E-state index in [9.17, 15) is 9.59 Å². The van der Waals surface area contributed by atoms with Crippen LogP contribution in [-0.2, 0) is 4.79 Å². The van der Waals surface area contributed by atoms with Crippen LogP contribution in [0, 0.1) is 5.92 Å². The van der Waals surface area contributed by atoms with Crippen LogP contribution >= 0.6 is 11.3 Å². The van der Waals surface area contributed by atoms with E-state index in [1.807, 2.05) is 41.8 Å². The molecule has 0 radical (unpaired) electrons. The molecule has 0 bridgehead atoms. The van der Waals surface area contributed by atoms with Gasteiger partial charge in [-0.3, -0.25) is 9.59 Å². The average molecular weight is 419 g/mol. The van der Waals surface area contributed by atoms with E-state index in [1.165, 1.54) is 11.3 Å². The molecule has 1 amide bonds. The van der Waals surface area contributed by atoms with Crippen molar-refractivity contribution >= 4 is 34.4 Å². The number of anilines is 1. The van der Waals surface area contributed by atoms with Crippen LogP contribution in [0.1, 0.15) is 41.9 Å². The summed E-state index contributed by atoms with van der Waals surface area (Å²) < 4.78 is 1.67. The number of rotatable bonds is 7. The molecule has 152 valence electrons. The van der Waals surface area contributed by atoms with Crippen molar-refractivity contribution in [3.63, 3.8) is 0 Å². The molecule has 0 atom stereocenters. The van der Waals surface area contributed by atoms with Crippen molar-refractivity contribution in [3.8, 4) is 11.3 Å². The van der Waals surface area contributed by atoms with Gasteiger partial charge in [0, 0.05) is 23.9 Å². The lowest BCUT2D eigenvalue weighted by Crippen LogP contribution is -2.12. The Bertz CT molecular complexity index is 1200. The predicted molar refractivity (Wildman–Crippen MR) is 119 cm³/mol. The Morgan fingerprint density at radius 2 is 2.03 bits per heavy atom. The molecule has 0 unspecified atom stereocenters. The molecule has 0 saturated carbocycles. The van der Waals surface area contributed by atoms with Crippen LogP contribution in [0.3, 0.4) is 0 Å². The summed E-state index contributed by atoms with van der Waals surface area (Å²) in [4.78, 5) is 30.0. The second-order valence-electron chi connectivity index (χ2n) is 7.49. The third-order valence-corrected chi connectivity index (χ3v) is 5.65. The Balaban J connectivity index is 1.64. The van der Waals surface area contributed by atoms with E-state index < -0.39 is 0 Å². The zero-order chi connectivity index (χ0) is 21.1. The van der Waals surface area contributed by atoms with Gasteiger partial charge in [0.15, 0.2) is 5.65 Å². The molecule has 6 nitrogen and oxygen atoms in total. The van der Waals surface area contributed by atoms with Crippen molar-refractivity contribution in [1.29, 1.82) is 0 Å². The minimum atomic E-state index is -0.0872. The Labute approximate surface area is 178 Å². The number of nitrogens with zero attached hydrogens (tertiary/aromatic N) is 3. The Kier molecular flexibility index (Phi) is 5.72. The van der Waals surface area contributed by atoms with Crippen LogP contribution in [0.4, 0.5) is 5.69 Å². The number of carbonyl (C=O) groups excluding carboxylic acids is 2. The Morgan fingerprint density at radius 3 is 2.80 bits per heavy atom. The molecule has 30 heavy (non-hydrogen) atoms. The van der Waals surface area contributed by atoms with Crippen LogP contribution in [0.5, 0.6) is 0 Å². The van der Waals surface area contributed by atoms with Gasteiger partial charge < -0.3 is 5.32 Å². The summed E-state index contributed by atoms with van der Waals surface area (Å²) in [7, 11) is 0. The number of hydrogen-bond donors (Lipinski definition) is 1. The summed E-state index contributed by atoms with van der Waals surface area (Å²) in [6.45, 7) is 4.20. The Hall–Kier alpha value is -3.32. The minimum absolute atomic E-state index is 0.00338. The third kappa shape index (κ3) is 4.16. The average Bonchev–Trinajstić information content (AvgIpc) is 3.42. The van der Waals surface area contributed by atoms with Crippen molar-refractivity contribution in [2.75, 3.05) is 5.32 Å². The number of aromatic nitrogens is 3. The Morgan fingerprint density at radius 1 is 1.17 bits per heavy atom. The monoisotopic (exact) mass is 418 g/mol. The second kappa shape index (κ2) is 8.59. The first kappa shape index (κ1) is 20.0. The van der Waals surface area contributed by atoms with Gasteiger partial charge in [-0.2, -0.15) is 5.10 Å². The summed E-state index contributed by atoms with van der Waals surface area (Å²) in [6.07, 6.45) is 4.58. The van der Waals surface area contributed by atoms with E-state index in [1.54, 1.807) is 23.0 Å². The van der Waals surface area contributed by atoms with Crippen LogP contribution in [0.15, 0.2) is 60.2 Å². The zero-order valence-corrected chi connectivity index (χ0v) is 17.6. The molecule has 4 aromatic rings. The lowest BCUT2D eigenvalue weighted by atomic mass is 10.1. The van der Waals surface area contributed by atoms with Gasteiger partial charge in [0.05, 0.1) is 22.3 Å². The molecule has 1 aromatic carbocycles. The van der Waals surface area contributed by atoms with Gasteiger partial charge in [-0.05, 0) is 42.0 Å². The quantitative estimate of drug-likeness (QED) is 0.426. The van der Waals surface area contributed by atoms with Crippen LogP contribution in [0.2, 0.25) is 0 Å². The highest BCUT2D eigenvalue weighted by atomic mass is 32.1. The normalized spacial score (nSPS) is 11.2. The predicted octanol–water partition coefficient (Wildman–Crippen LogP) is 5.06. The minimum Gasteiger partial charge on any atom is -0.326 e. The van der Waals surface area contributed by atoms with Crippen LogP contribution in [-0.4, -0.2) is 26.3 Å². The molecule has 7 heteroatoms. The first-order chi connectivity index (χ1) is 14.5. The van der Waals surface area contributed by atoms with E-state index in [-0.39, 0.29) is 11.7 Å². The fourth-order valence-electron chi connectivity index (χ4n) is 3.21. The number of carbonyl (C=O) groups is 2. The maximum Gasteiger partial charge on any atom is 0.224 e. The SMILES string of the molecule is CC(C)CCC(=O)Nc1cccc(-c2ccnc3c(C(=O)c4cccs4)cnn23)c1. The van der Waals surface area contributed by atoms with Gasteiger partial charge in [-0.1, -0.05) is 32.0 Å². The van der Waals surface area contributed by atoms with Crippen molar-refractivity contribution in [1.82, 2.24) is 14.6 Å². The molecular weight excluding hydrogens is 396 g/mol. The van der Waals surface area contributed by atoms with E-state index in [4.69, 9.17) is 0 Å². The summed E-state index contributed by atoms with van der Waals surface area (Å²) >= 11 is 1.40. The smallest absolute Gasteiger partial charge is 0.224 e. The van der Waals surface area contributed by atoms with Gasteiger partial charge in [-0.25, -0.2) is 9.50 Å². The summed E-state index contributed by atoms with van der Waals surface area (Å²) in [6, 6.07) is 13.1. The second-order valence-corrected chi connectivity index (χ2v) is 8.44. The molecule has 4 rings (SSSR count). The molecule has 0 aliphatic heterocycles. The van der Waals surface area contributed by atoms with Gasteiger partial charge in [0.2, 0.25) is 11.7 Å². The highest BCUT2D eigenvalue weighted by Crippen LogP contribution is 2.25. The fourth-order valence-corrected chi connectivity index (χ4v) is 3.89. The van der Waals surface area contributed by atoms with Gasteiger partial charge >= 0.3 is 0 Å². The van der Waals surface area contributed by atoms with E-state index in [2.05, 4.69) is 29.2 Å². The largest absolute Gasteiger partial charge is 0.326 e. The van der Waals surface area contributed by atoms with E-state index in [0.717, 1.165) is 23.4 Å². The van der Waals surface area contributed by atoms with Gasteiger partial charge in [0.1, 0.15) is 0 Å². The third-order valence-electron chi connectivity index (χ3n) is 4.78. The summed E-state index contributed by atoms with van der Waals surface area (Å²) in [5.41, 5.74) is 3.38. The number of nitrogens with one attached hydrogen (secondary N) is 1. The first-order valence-corrected chi connectivity index (χ1v) is 10.7. The number of hydrogen-bond acceptors (Lipinski definition) is 5. The molecule has 0 fully saturated rings. The molecule has 3 aromatic heterocycles. The van der Waals surface area contributed by atoms with Crippen molar-refractivity contribution in [2.24, 2.45) is 5.92 Å². The maximum absolute atomic E-state index is 12.8. The molecule has 0 aliphatic rings. The standard InChI is InChI=1S/C23H22N4O2S/c1-15(2)8-9-21(28)26-17-6-3-5-16(13-17)19-10-11-24-23-18(14-25-27(19)23)22(29)20-7-4-12-30-20/h3-7,10-15H,8-9H2,1-2H3,(H,26,28). The molecule has 0 aliphatic carbocycles. The first-order valence-electron chi connectivity index (χ1n) is 9.84. The topological polar surface area (TPSA) is 76.4 Å². The van der Waals surface area contributed by atoms with E-state index in [0.29, 0.717) is 28.4 Å². The van der Waals surface area contributed by atoms with Crippen molar-refractivity contribution < 1.29 is 9.59 Å². The maximum atomic E-state index is 12.8. The lowest BCUT2D eigenvalue weighted by Gasteiger charge is -2.10. The molecule has 1 N–H and O–H groups in total. The lowest BCUT2D eigenvalue weighted by molar-refractivity contribution is -0.116. The number of benzene rings is 1. The molecule has 3 heterocycles. The summed E-state index contributed by atoms with van der Waals surface area (Å²) in [5.74, 6) is 0.401. The number of amides is 1. The van der Waals surface area contributed by atoms with Crippen molar-refractivity contribution in [3.05, 3.63) is 70.7 Å². The van der Waals surface area contributed by atoms with E-state index >= 15 is 0 Å². The number of fused-ring (bicyclic) bond motifs is 1. The highest BCUT2D eigenvalue weighted by molar-refractivity contribution is 7.12. The van der Waals surface area contributed by atoms with Crippen LogP contribution in [0.25, 0.3) is 16.9 Å². The zero-order valence-electron chi connectivity index (χ0n) is 16.8.